The molecular weight excluding hydrogens is 432 g/mol. The highest BCUT2D eigenvalue weighted by molar-refractivity contribution is 7.91. The Kier molecular flexibility index (Phi) is 5.52. The van der Waals surface area contributed by atoms with Gasteiger partial charge in [-0.05, 0) is 43.3 Å². The largest absolute Gasteiger partial charge is 0.451 e. The second-order valence-corrected chi connectivity index (χ2v) is 10.6. The number of furan rings is 1. The number of carbonyl (C=O) groups is 1. The van der Waals surface area contributed by atoms with E-state index in [0.29, 0.717) is 28.1 Å². The maximum absolute atomic E-state index is 12.8. The van der Waals surface area contributed by atoms with Gasteiger partial charge < -0.3 is 9.32 Å². The van der Waals surface area contributed by atoms with Gasteiger partial charge in [-0.1, -0.05) is 23.7 Å². The summed E-state index contributed by atoms with van der Waals surface area (Å²) in [6, 6.07) is 14.0. The molecule has 0 aliphatic carbocycles. The zero-order chi connectivity index (χ0) is 20.6. The molecule has 1 aliphatic heterocycles. The highest BCUT2D eigenvalue weighted by Gasteiger charge is 2.32. The van der Waals surface area contributed by atoms with E-state index in [1.165, 1.54) is 15.6 Å². The summed E-state index contributed by atoms with van der Waals surface area (Å²) in [5.74, 6) is 0.477. The van der Waals surface area contributed by atoms with Gasteiger partial charge in [-0.3, -0.25) is 4.79 Å². The lowest BCUT2D eigenvalue weighted by Gasteiger charge is -2.33. The molecule has 0 atom stereocenters. The molecule has 0 saturated carbocycles. The number of amides is 1. The van der Waals surface area contributed by atoms with Gasteiger partial charge in [-0.15, -0.1) is 11.3 Å². The minimum absolute atomic E-state index is 0.213. The number of rotatable bonds is 4. The Morgan fingerprint density at radius 1 is 1.03 bits per heavy atom. The summed E-state index contributed by atoms with van der Waals surface area (Å²) < 4.78 is 33.0. The van der Waals surface area contributed by atoms with Crippen molar-refractivity contribution < 1.29 is 17.6 Å². The number of carbonyl (C=O) groups excluding carboxylic acids is 1. The maximum Gasteiger partial charge on any atom is 0.289 e. The van der Waals surface area contributed by atoms with E-state index in [0.717, 1.165) is 10.4 Å². The number of nitrogens with zero attached hydrogens (tertiary/aromatic N) is 2. The Hall–Kier alpha value is -2.13. The molecule has 0 bridgehead atoms. The Balaban J connectivity index is 1.44. The monoisotopic (exact) mass is 450 g/mol. The van der Waals surface area contributed by atoms with E-state index in [4.69, 9.17) is 16.0 Å². The zero-order valence-corrected chi connectivity index (χ0v) is 18.1. The standard InChI is InChI=1S/C20H19ClN2O4S2/c1-14-6-9-19(28-14)29(25,26)23-12-10-22(11-13-23)20(24)18-8-7-17(27-18)15-4-2-3-5-16(15)21/h2-9H,10-13H2,1H3. The van der Waals surface area contributed by atoms with Gasteiger partial charge in [-0.2, -0.15) is 4.31 Å². The molecule has 1 amide bonds. The molecule has 9 heteroatoms. The minimum atomic E-state index is -3.52. The number of hydrogen-bond acceptors (Lipinski definition) is 5. The van der Waals surface area contributed by atoms with Gasteiger partial charge in [0.25, 0.3) is 15.9 Å². The number of sulfonamides is 1. The second-order valence-electron chi connectivity index (χ2n) is 6.71. The topological polar surface area (TPSA) is 70.8 Å². The van der Waals surface area contributed by atoms with Crippen LogP contribution in [0.25, 0.3) is 11.3 Å². The van der Waals surface area contributed by atoms with Crippen LogP contribution in [0.1, 0.15) is 15.4 Å². The van der Waals surface area contributed by atoms with Crippen molar-refractivity contribution in [2.45, 2.75) is 11.1 Å². The fraction of sp³-hybridized carbons (Fsp3) is 0.250. The fourth-order valence-corrected chi connectivity index (χ4v) is 6.31. The molecule has 1 aliphatic rings. The van der Waals surface area contributed by atoms with Crippen LogP contribution >= 0.6 is 22.9 Å². The van der Waals surface area contributed by atoms with Crippen molar-refractivity contribution in [3.05, 3.63) is 64.2 Å². The van der Waals surface area contributed by atoms with Crippen LogP contribution in [0.2, 0.25) is 5.02 Å². The van der Waals surface area contributed by atoms with E-state index >= 15 is 0 Å². The van der Waals surface area contributed by atoms with Gasteiger partial charge in [0.2, 0.25) is 0 Å². The van der Waals surface area contributed by atoms with E-state index < -0.39 is 10.0 Å². The predicted octanol–water partition coefficient (Wildman–Crippen LogP) is 4.12. The molecule has 1 aromatic carbocycles. The van der Waals surface area contributed by atoms with Crippen molar-refractivity contribution >= 4 is 38.9 Å². The highest BCUT2D eigenvalue weighted by atomic mass is 35.5. The zero-order valence-electron chi connectivity index (χ0n) is 15.7. The summed E-state index contributed by atoms with van der Waals surface area (Å²) in [4.78, 5) is 15.4. The summed E-state index contributed by atoms with van der Waals surface area (Å²) in [5.41, 5.74) is 0.718. The number of thiophene rings is 1. The van der Waals surface area contributed by atoms with Crippen molar-refractivity contribution in [2.24, 2.45) is 0 Å². The normalized spacial score (nSPS) is 15.6. The first-order valence-corrected chi connectivity index (χ1v) is 11.7. The average molecular weight is 451 g/mol. The first-order valence-electron chi connectivity index (χ1n) is 9.07. The number of halogens is 1. The quantitative estimate of drug-likeness (QED) is 0.599. The van der Waals surface area contributed by atoms with Gasteiger partial charge >= 0.3 is 0 Å². The summed E-state index contributed by atoms with van der Waals surface area (Å²) in [6.07, 6.45) is 0. The van der Waals surface area contributed by atoms with Crippen molar-refractivity contribution in [3.8, 4) is 11.3 Å². The van der Waals surface area contributed by atoms with Gasteiger partial charge in [0.15, 0.2) is 5.76 Å². The van der Waals surface area contributed by atoms with Crippen LogP contribution in [0, 0.1) is 6.92 Å². The third-order valence-corrected chi connectivity index (χ3v) is 8.49. The number of hydrogen-bond donors (Lipinski definition) is 0. The third-order valence-electron chi connectivity index (χ3n) is 4.79. The summed E-state index contributed by atoms with van der Waals surface area (Å²) in [6.45, 7) is 3.00. The number of aryl methyl sites for hydroxylation is 1. The molecule has 3 aromatic rings. The smallest absolute Gasteiger partial charge is 0.289 e. The van der Waals surface area contributed by atoms with Crippen molar-refractivity contribution in [2.75, 3.05) is 26.2 Å². The molecule has 3 heterocycles. The third kappa shape index (κ3) is 3.98. The SMILES string of the molecule is Cc1ccc(S(=O)(=O)N2CCN(C(=O)c3ccc(-c4ccccc4Cl)o3)CC2)s1. The molecule has 4 rings (SSSR count). The molecule has 0 N–H and O–H groups in total. The molecule has 1 saturated heterocycles. The molecule has 0 radical (unpaired) electrons. The van der Waals surface area contributed by atoms with Crippen LogP contribution in [0.4, 0.5) is 0 Å². The lowest BCUT2D eigenvalue weighted by atomic mass is 10.2. The minimum Gasteiger partial charge on any atom is -0.451 e. The molecule has 0 unspecified atom stereocenters. The molecule has 29 heavy (non-hydrogen) atoms. The van der Waals surface area contributed by atoms with Gasteiger partial charge in [0, 0.05) is 36.6 Å². The van der Waals surface area contributed by atoms with Crippen LogP contribution in [-0.4, -0.2) is 49.7 Å². The van der Waals surface area contributed by atoms with Crippen LogP contribution in [0.5, 0.6) is 0 Å². The Bertz CT molecular complexity index is 1140. The maximum atomic E-state index is 12.8. The van der Waals surface area contributed by atoms with Crippen LogP contribution in [0.3, 0.4) is 0 Å². The molecule has 152 valence electrons. The van der Waals surface area contributed by atoms with Crippen LogP contribution in [0.15, 0.2) is 57.2 Å². The van der Waals surface area contributed by atoms with E-state index in [1.54, 1.807) is 35.2 Å². The lowest BCUT2D eigenvalue weighted by molar-refractivity contribution is 0.0667. The predicted molar refractivity (Wildman–Crippen MR) is 113 cm³/mol. The molecule has 2 aromatic heterocycles. The van der Waals surface area contributed by atoms with E-state index in [-0.39, 0.29) is 24.8 Å². The van der Waals surface area contributed by atoms with Gasteiger partial charge in [0.1, 0.15) is 9.97 Å². The summed E-state index contributed by atoms with van der Waals surface area (Å²) >= 11 is 7.45. The number of benzene rings is 1. The van der Waals surface area contributed by atoms with E-state index in [1.807, 2.05) is 25.1 Å². The molecule has 6 nitrogen and oxygen atoms in total. The van der Waals surface area contributed by atoms with Crippen molar-refractivity contribution in [1.82, 2.24) is 9.21 Å². The first kappa shape index (κ1) is 20.2. The van der Waals surface area contributed by atoms with E-state index in [9.17, 15) is 13.2 Å². The Labute approximate surface area is 178 Å². The molecular formula is C20H19ClN2O4S2. The number of piperazine rings is 1. The summed E-state index contributed by atoms with van der Waals surface area (Å²) in [5, 5.41) is 0.545. The van der Waals surface area contributed by atoms with Gasteiger partial charge in [0.05, 0.1) is 5.02 Å². The Morgan fingerprint density at radius 2 is 1.76 bits per heavy atom. The average Bonchev–Trinajstić information content (AvgIpc) is 3.38. The highest BCUT2D eigenvalue weighted by Crippen LogP contribution is 2.30. The summed E-state index contributed by atoms with van der Waals surface area (Å²) in [7, 11) is -3.52. The second kappa shape index (κ2) is 7.95. The molecule has 1 fully saturated rings. The fourth-order valence-electron chi connectivity index (χ4n) is 3.22. The van der Waals surface area contributed by atoms with Gasteiger partial charge in [-0.25, -0.2) is 8.42 Å². The van der Waals surface area contributed by atoms with Crippen molar-refractivity contribution in [1.29, 1.82) is 0 Å². The molecule has 0 spiro atoms. The first-order chi connectivity index (χ1) is 13.9. The lowest BCUT2D eigenvalue weighted by Crippen LogP contribution is -2.50. The van der Waals surface area contributed by atoms with Crippen LogP contribution in [-0.2, 0) is 10.0 Å². The van der Waals surface area contributed by atoms with E-state index in [2.05, 4.69) is 0 Å². The van der Waals surface area contributed by atoms with Crippen LogP contribution < -0.4 is 0 Å². The van der Waals surface area contributed by atoms with Crippen molar-refractivity contribution in [3.63, 3.8) is 0 Å². The Morgan fingerprint density at radius 3 is 2.41 bits per heavy atom.